The zero-order chi connectivity index (χ0) is 86.2. The maximum atomic E-state index is 2.38. The number of hydrogen-bond acceptors (Lipinski definition) is 2. The van der Waals surface area contributed by atoms with Gasteiger partial charge in [-0.1, -0.05) is 437 Å². The highest BCUT2D eigenvalue weighted by Crippen LogP contribution is 2.49. The van der Waals surface area contributed by atoms with E-state index < -0.39 is 0 Å². The molecule has 608 valence electrons. The van der Waals surface area contributed by atoms with Crippen LogP contribution in [0.3, 0.4) is 0 Å². The van der Waals surface area contributed by atoms with E-state index in [9.17, 15) is 0 Å². The second-order valence-corrected chi connectivity index (χ2v) is 33.7. The monoisotopic (exact) mass is 1650 g/mol. The second kappa shape index (κ2) is 34.1. The van der Waals surface area contributed by atoms with Crippen LogP contribution in [0.2, 0.25) is 0 Å². The average Bonchev–Trinajstić information content (AvgIpc) is 0.724. The first-order valence-electron chi connectivity index (χ1n) is 44.8. The van der Waals surface area contributed by atoms with Crippen LogP contribution in [0, 0.1) is 0 Å². The predicted molar refractivity (Wildman–Crippen MR) is 558 cm³/mol. The first-order valence-corrected chi connectivity index (χ1v) is 44.8. The average molecular weight is 1650 g/mol. The summed E-state index contributed by atoms with van der Waals surface area (Å²) in [6.07, 6.45) is 8.99. The molecule has 0 aliphatic heterocycles. The standard InChI is InChI=1S/C128H86N2/c1-5-26-89(27-6-1)90-62-73-106(74-63-90)129(108-77-67-99(68-78-108)127-121-44-21-17-40-117(121)125(118-41-18-22-45-122(118)127)97-56-50-87(51-57-97)48-54-95-71-82-113(93-28-7-2-8-29-93)115-38-15-13-36-111(95)115)107-75-64-91(65-76-107)101-32-25-33-102(84-101)103-61-60-92-66-81-110(86-104(92)85-103)130(105-34-11-4-12-35-105)109-79-69-100(70-80-109)128-123-46-23-19-42-119(123)126(120-43-20-24-47-124(120)128)98-58-52-88(53-59-98)49-55-96-72-83-114(94-30-9-3-10-31-94)116-39-16-14-37-112(96)116/h1-86H. The molecule has 0 unspecified atom stereocenters. The van der Waals surface area contributed by atoms with Gasteiger partial charge in [-0.25, -0.2) is 0 Å². The lowest BCUT2D eigenvalue weighted by Crippen LogP contribution is -2.09. The summed E-state index contributed by atoms with van der Waals surface area (Å²) in [5, 5.41) is 17.1. The summed E-state index contributed by atoms with van der Waals surface area (Å²) in [7, 11) is 0. The van der Waals surface area contributed by atoms with E-state index in [1.54, 1.807) is 0 Å². The number of anilines is 6. The van der Waals surface area contributed by atoms with Crippen LogP contribution in [-0.4, -0.2) is 0 Å². The van der Waals surface area contributed by atoms with Gasteiger partial charge in [-0.05, 0) is 283 Å². The third-order valence-corrected chi connectivity index (χ3v) is 26.1. The van der Waals surface area contributed by atoms with Gasteiger partial charge in [0.1, 0.15) is 0 Å². The highest BCUT2D eigenvalue weighted by atomic mass is 15.1. The van der Waals surface area contributed by atoms with E-state index in [0.29, 0.717) is 0 Å². The lowest BCUT2D eigenvalue weighted by Gasteiger charge is -2.26. The first kappa shape index (κ1) is 77.7. The Kier molecular flexibility index (Phi) is 20.4. The van der Waals surface area contributed by atoms with Gasteiger partial charge in [0.2, 0.25) is 0 Å². The molecule has 0 amide bonds. The summed E-state index contributed by atoms with van der Waals surface area (Å²) < 4.78 is 0. The molecule has 23 rings (SSSR count). The van der Waals surface area contributed by atoms with Gasteiger partial charge in [0.25, 0.3) is 0 Å². The van der Waals surface area contributed by atoms with Gasteiger partial charge in [-0.15, -0.1) is 0 Å². The fraction of sp³-hybridized carbons (Fsp3) is 0. The van der Waals surface area contributed by atoms with Crippen LogP contribution in [0.4, 0.5) is 34.1 Å². The van der Waals surface area contributed by atoms with Crippen LogP contribution in [0.25, 0.3) is 200 Å². The van der Waals surface area contributed by atoms with Crippen molar-refractivity contribution in [3.05, 3.63) is 520 Å². The van der Waals surface area contributed by atoms with E-state index in [-0.39, 0.29) is 0 Å². The SMILES string of the molecule is C(=Cc1ccc(-c2ccccc2)c2ccccc12)c1ccc(-c2c3ccccc3c(-c3ccc(N(c4ccc(-c5ccccc5)cc4)c4ccc(-c5cccc(-c6ccc7ccc(N(c8ccccc8)c8ccc(-c9c%10ccccc%10c(-c%10ccc(C=Cc%11ccc(-c%12ccccc%12)c%12ccccc%11%12)cc%10)c%10ccccc9%10)cc8)cc7c6)c5)cc4)cc3)c3ccccc23)cc1. The van der Waals surface area contributed by atoms with Gasteiger partial charge in [-0.3, -0.25) is 0 Å². The summed E-state index contributed by atoms with van der Waals surface area (Å²) in [6, 6.07) is 183. The number of para-hydroxylation sites is 1. The van der Waals surface area contributed by atoms with E-state index in [0.717, 1.165) is 84.0 Å². The van der Waals surface area contributed by atoms with Crippen molar-refractivity contribution in [1.29, 1.82) is 0 Å². The van der Waals surface area contributed by atoms with Crippen molar-refractivity contribution in [2.45, 2.75) is 0 Å². The van der Waals surface area contributed by atoms with Gasteiger partial charge in [-0.2, -0.15) is 0 Å². The number of rotatable bonds is 19. The maximum Gasteiger partial charge on any atom is 0.0468 e. The minimum Gasteiger partial charge on any atom is -0.311 e. The Bertz CT molecular complexity index is 8130. The predicted octanol–water partition coefficient (Wildman–Crippen LogP) is 36.0. The van der Waals surface area contributed by atoms with Crippen molar-refractivity contribution in [1.82, 2.24) is 0 Å². The normalized spacial score (nSPS) is 11.6. The molecule has 2 heteroatoms. The molecule has 23 aromatic carbocycles. The molecule has 0 bridgehead atoms. The van der Waals surface area contributed by atoms with Crippen molar-refractivity contribution in [3.8, 4) is 100 Å². The van der Waals surface area contributed by atoms with Gasteiger partial charge in [0, 0.05) is 34.1 Å². The lowest BCUT2D eigenvalue weighted by atomic mass is 9.86. The molecule has 0 fully saturated rings. The molecule has 2 nitrogen and oxygen atoms in total. The van der Waals surface area contributed by atoms with Crippen LogP contribution in [0.1, 0.15) is 22.3 Å². The van der Waals surface area contributed by atoms with Gasteiger partial charge in [0.05, 0.1) is 0 Å². The first-order chi connectivity index (χ1) is 64.5. The van der Waals surface area contributed by atoms with Crippen molar-refractivity contribution >= 4 is 134 Å². The number of benzene rings is 23. The maximum absolute atomic E-state index is 2.38. The van der Waals surface area contributed by atoms with Crippen LogP contribution in [0.5, 0.6) is 0 Å². The highest BCUT2D eigenvalue weighted by molar-refractivity contribution is 6.23. The molecule has 23 aromatic rings. The molecule has 0 N–H and O–H groups in total. The Labute approximate surface area is 758 Å². The highest BCUT2D eigenvalue weighted by Gasteiger charge is 2.23. The molecule has 0 saturated carbocycles. The van der Waals surface area contributed by atoms with Crippen molar-refractivity contribution in [2.75, 3.05) is 9.80 Å². The lowest BCUT2D eigenvalue weighted by molar-refractivity contribution is 1.28. The fourth-order valence-corrected chi connectivity index (χ4v) is 19.8. The van der Waals surface area contributed by atoms with Crippen LogP contribution >= 0.6 is 0 Å². The molecule has 0 heterocycles. The molecular weight excluding hydrogens is 1570 g/mol. The third-order valence-electron chi connectivity index (χ3n) is 26.1. The molecule has 0 aromatic heterocycles. The van der Waals surface area contributed by atoms with E-state index in [4.69, 9.17) is 0 Å². The molecule has 0 aliphatic carbocycles. The summed E-state index contributed by atoms with van der Waals surface area (Å²) in [5.74, 6) is 0. The number of fused-ring (bicyclic) bond motifs is 7. The van der Waals surface area contributed by atoms with Crippen molar-refractivity contribution < 1.29 is 0 Å². The number of nitrogens with zero attached hydrogens (tertiary/aromatic N) is 2. The summed E-state index contributed by atoms with van der Waals surface area (Å²) in [5.41, 5.74) is 32.6. The molecule has 0 atom stereocenters. The Morgan fingerprint density at radius 1 is 0.131 bits per heavy atom. The summed E-state index contributed by atoms with van der Waals surface area (Å²) in [6.45, 7) is 0. The number of hydrogen-bond donors (Lipinski definition) is 0. The summed E-state index contributed by atoms with van der Waals surface area (Å²) >= 11 is 0. The molecule has 0 spiro atoms. The van der Waals surface area contributed by atoms with Crippen LogP contribution < -0.4 is 9.80 Å². The van der Waals surface area contributed by atoms with E-state index in [1.807, 2.05) is 0 Å². The van der Waals surface area contributed by atoms with Crippen LogP contribution in [0.15, 0.2) is 497 Å². The van der Waals surface area contributed by atoms with Gasteiger partial charge in [0.15, 0.2) is 0 Å². The fourth-order valence-electron chi connectivity index (χ4n) is 19.8. The minimum absolute atomic E-state index is 1.06. The molecule has 0 aliphatic rings. The Morgan fingerprint density at radius 3 is 0.769 bits per heavy atom. The van der Waals surface area contributed by atoms with Gasteiger partial charge < -0.3 is 9.80 Å². The molecule has 0 radical (unpaired) electrons. The zero-order valence-corrected chi connectivity index (χ0v) is 71.5. The van der Waals surface area contributed by atoms with Crippen molar-refractivity contribution in [2.24, 2.45) is 0 Å². The van der Waals surface area contributed by atoms with Gasteiger partial charge >= 0.3 is 0 Å². The minimum atomic E-state index is 1.06. The molecule has 130 heavy (non-hydrogen) atoms. The second-order valence-electron chi connectivity index (χ2n) is 33.7. The summed E-state index contributed by atoms with van der Waals surface area (Å²) in [4.78, 5) is 4.77. The topological polar surface area (TPSA) is 6.48 Å². The largest absolute Gasteiger partial charge is 0.311 e. The van der Waals surface area contributed by atoms with E-state index >= 15 is 0 Å². The van der Waals surface area contributed by atoms with Crippen molar-refractivity contribution in [3.63, 3.8) is 0 Å². The molecule has 0 saturated heterocycles. The smallest absolute Gasteiger partial charge is 0.0468 e. The Morgan fingerprint density at radius 2 is 0.385 bits per heavy atom. The van der Waals surface area contributed by atoms with E-state index in [2.05, 4.69) is 532 Å². The zero-order valence-electron chi connectivity index (χ0n) is 71.5. The molecular formula is C128H86N2. The van der Waals surface area contributed by atoms with E-state index in [1.165, 1.54) is 148 Å². The third kappa shape index (κ3) is 14.8. The quantitative estimate of drug-likeness (QED) is 0.0588. The Hall–Kier alpha value is -17.0. The Balaban J connectivity index is 0.524. The van der Waals surface area contributed by atoms with Crippen LogP contribution in [-0.2, 0) is 0 Å².